The van der Waals surface area contributed by atoms with E-state index in [1.54, 1.807) is 18.3 Å². The lowest BCUT2D eigenvalue weighted by molar-refractivity contribution is 0.319. The Labute approximate surface area is 99.3 Å². The minimum Gasteiger partial charge on any atom is -0.507 e. The van der Waals surface area contributed by atoms with Crippen LogP contribution in [0.3, 0.4) is 0 Å². The van der Waals surface area contributed by atoms with Gasteiger partial charge in [-0.1, -0.05) is 12.1 Å². The Bertz CT molecular complexity index is 518. The number of aromatic hydroxyl groups is 1. The van der Waals surface area contributed by atoms with Crippen molar-refractivity contribution in [2.24, 2.45) is 5.92 Å². The molecule has 4 nitrogen and oxygen atoms in total. The number of nitrogens with zero attached hydrogens (tertiary/aromatic N) is 1. The molecule has 1 saturated heterocycles. The van der Waals surface area contributed by atoms with E-state index < -0.39 is 0 Å². The van der Waals surface area contributed by atoms with Gasteiger partial charge in [-0.3, -0.25) is 0 Å². The van der Waals surface area contributed by atoms with Crippen LogP contribution in [0, 0.1) is 5.92 Å². The number of phenols is 1. The average Bonchev–Trinajstić information content (AvgIpc) is 2.73. The monoisotopic (exact) mass is 230 g/mol. The molecule has 0 bridgehead atoms. The van der Waals surface area contributed by atoms with E-state index in [4.69, 9.17) is 4.42 Å². The third-order valence-corrected chi connectivity index (χ3v) is 3.05. The summed E-state index contributed by atoms with van der Waals surface area (Å²) in [7, 11) is 0. The summed E-state index contributed by atoms with van der Waals surface area (Å²) in [5.74, 6) is 2.23. The number of aromatic nitrogens is 1. The molecular weight excluding hydrogens is 216 g/mol. The van der Waals surface area contributed by atoms with E-state index in [0.29, 0.717) is 17.2 Å². The Morgan fingerprint density at radius 2 is 2.18 bits per heavy atom. The molecular formula is C13H14N2O2. The number of nitrogens with one attached hydrogen (secondary N) is 1. The Hall–Kier alpha value is -1.81. The molecule has 0 unspecified atom stereocenters. The van der Waals surface area contributed by atoms with Crippen LogP contribution in [0.5, 0.6) is 5.75 Å². The molecule has 2 N–H and O–H groups in total. The highest BCUT2D eigenvalue weighted by Gasteiger charge is 2.20. The fraction of sp³-hybridized carbons (Fsp3) is 0.308. The van der Waals surface area contributed by atoms with Crippen molar-refractivity contribution in [3.8, 4) is 17.1 Å². The van der Waals surface area contributed by atoms with Gasteiger partial charge in [-0.05, 0) is 31.1 Å². The first kappa shape index (κ1) is 10.4. The maximum atomic E-state index is 9.71. The van der Waals surface area contributed by atoms with Gasteiger partial charge in [-0.25, -0.2) is 4.98 Å². The van der Waals surface area contributed by atoms with Gasteiger partial charge in [0.15, 0.2) is 11.7 Å². The van der Waals surface area contributed by atoms with Crippen LogP contribution in [-0.2, 0) is 6.42 Å². The van der Waals surface area contributed by atoms with Crippen LogP contribution in [0.25, 0.3) is 11.3 Å². The first-order valence-electron chi connectivity index (χ1n) is 5.77. The van der Waals surface area contributed by atoms with Crippen molar-refractivity contribution in [2.75, 3.05) is 13.1 Å². The molecule has 2 aromatic rings. The third kappa shape index (κ3) is 2.03. The third-order valence-electron chi connectivity index (χ3n) is 3.05. The SMILES string of the molecule is Oc1ccccc1-c1cnc(CC2CNC2)o1. The lowest BCUT2D eigenvalue weighted by atomic mass is 10.00. The van der Waals surface area contributed by atoms with Crippen LogP contribution in [0.2, 0.25) is 0 Å². The molecule has 1 aliphatic rings. The molecule has 4 heteroatoms. The molecule has 1 fully saturated rings. The van der Waals surface area contributed by atoms with Crippen molar-refractivity contribution < 1.29 is 9.52 Å². The summed E-state index contributed by atoms with van der Waals surface area (Å²) >= 11 is 0. The van der Waals surface area contributed by atoms with Gasteiger partial charge in [0, 0.05) is 6.42 Å². The van der Waals surface area contributed by atoms with Crippen molar-refractivity contribution >= 4 is 0 Å². The van der Waals surface area contributed by atoms with Gasteiger partial charge >= 0.3 is 0 Å². The van der Waals surface area contributed by atoms with Crippen LogP contribution >= 0.6 is 0 Å². The van der Waals surface area contributed by atoms with Crippen molar-refractivity contribution in [2.45, 2.75) is 6.42 Å². The van der Waals surface area contributed by atoms with E-state index >= 15 is 0 Å². The maximum absolute atomic E-state index is 9.71. The highest BCUT2D eigenvalue weighted by atomic mass is 16.4. The minimum absolute atomic E-state index is 0.223. The summed E-state index contributed by atoms with van der Waals surface area (Å²) < 4.78 is 5.66. The first-order valence-corrected chi connectivity index (χ1v) is 5.77. The fourth-order valence-corrected chi connectivity index (χ4v) is 1.95. The summed E-state index contributed by atoms with van der Waals surface area (Å²) in [6.07, 6.45) is 2.54. The molecule has 0 radical (unpaired) electrons. The topological polar surface area (TPSA) is 58.3 Å². The number of phenolic OH excluding ortho intramolecular Hbond substituents is 1. The molecule has 0 spiro atoms. The second kappa shape index (κ2) is 4.22. The molecule has 0 amide bonds. The molecule has 1 aromatic carbocycles. The standard InChI is InChI=1S/C13H14N2O2/c16-11-4-2-1-3-10(11)12-8-15-13(17-12)5-9-6-14-7-9/h1-4,8-9,14,16H,5-7H2. The molecule has 1 aliphatic heterocycles. The van der Waals surface area contributed by atoms with Crippen LogP contribution in [0.1, 0.15) is 5.89 Å². The predicted octanol–water partition coefficient (Wildman–Crippen LogP) is 1.81. The highest BCUT2D eigenvalue weighted by molar-refractivity contribution is 5.64. The Morgan fingerprint density at radius 1 is 1.35 bits per heavy atom. The summed E-state index contributed by atoms with van der Waals surface area (Å²) in [4.78, 5) is 4.25. The first-order chi connectivity index (χ1) is 8.33. The lowest BCUT2D eigenvalue weighted by Gasteiger charge is -2.25. The van der Waals surface area contributed by atoms with Crippen molar-refractivity contribution in [1.82, 2.24) is 10.3 Å². The van der Waals surface area contributed by atoms with Gasteiger partial charge in [0.05, 0.1) is 11.8 Å². The van der Waals surface area contributed by atoms with Crippen molar-refractivity contribution in [1.29, 1.82) is 0 Å². The molecule has 88 valence electrons. The second-order valence-corrected chi connectivity index (χ2v) is 4.36. The van der Waals surface area contributed by atoms with E-state index in [0.717, 1.165) is 25.4 Å². The van der Waals surface area contributed by atoms with Crippen LogP contribution in [0.4, 0.5) is 0 Å². The minimum atomic E-state index is 0.223. The van der Waals surface area contributed by atoms with E-state index in [2.05, 4.69) is 10.3 Å². The van der Waals surface area contributed by atoms with Gasteiger partial charge in [0.1, 0.15) is 5.75 Å². The molecule has 0 aliphatic carbocycles. The molecule has 0 atom stereocenters. The molecule has 0 saturated carbocycles. The van der Waals surface area contributed by atoms with Crippen LogP contribution in [0.15, 0.2) is 34.9 Å². The highest BCUT2D eigenvalue weighted by Crippen LogP contribution is 2.29. The molecule has 2 heterocycles. The quantitative estimate of drug-likeness (QED) is 0.844. The normalized spacial score (nSPS) is 15.8. The predicted molar refractivity (Wildman–Crippen MR) is 63.7 cm³/mol. The average molecular weight is 230 g/mol. The van der Waals surface area contributed by atoms with Gasteiger partial charge < -0.3 is 14.8 Å². The van der Waals surface area contributed by atoms with Gasteiger partial charge in [-0.2, -0.15) is 0 Å². The number of hydrogen-bond acceptors (Lipinski definition) is 4. The number of para-hydroxylation sites is 1. The second-order valence-electron chi connectivity index (χ2n) is 4.36. The van der Waals surface area contributed by atoms with Crippen LogP contribution < -0.4 is 5.32 Å². The zero-order valence-corrected chi connectivity index (χ0v) is 9.39. The molecule has 3 rings (SSSR count). The zero-order chi connectivity index (χ0) is 11.7. The summed E-state index contributed by atoms with van der Waals surface area (Å²) in [5.41, 5.74) is 0.693. The van der Waals surface area contributed by atoms with Gasteiger partial charge in [0.25, 0.3) is 0 Å². The smallest absolute Gasteiger partial charge is 0.195 e. The van der Waals surface area contributed by atoms with Crippen LogP contribution in [-0.4, -0.2) is 23.2 Å². The Balaban J connectivity index is 1.82. The van der Waals surface area contributed by atoms with E-state index in [9.17, 15) is 5.11 Å². The largest absolute Gasteiger partial charge is 0.507 e. The summed E-state index contributed by atoms with van der Waals surface area (Å²) in [6.45, 7) is 2.07. The van der Waals surface area contributed by atoms with Gasteiger partial charge in [-0.15, -0.1) is 0 Å². The van der Waals surface area contributed by atoms with Gasteiger partial charge in [0.2, 0.25) is 0 Å². The Morgan fingerprint density at radius 3 is 2.88 bits per heavy atom. The summed E-state index contributed by atoms with van der Waals surface area (Å²) in [6, 6.07) is 7.13. The zero-order valence-electron chi connectivity index (χ0n) is 9.39. The maximum Gasteiger partial charge on any atom is 0.195 e. The lowest BCUT2D eigenvalue weighted by Crippen LogP contribution is -2.43. The van der Waals surface area contributed by atoms with E-state index in [-0.39, 0.29) is 5.75 Å². The molecule has 1 aromatic heterocycles. The number of hydrogen-bond donors (Lipinski definition) is 2. The van der Waals surface area contributed by atoms with Crippen molar-refractivity contribution in [3.63, 3.8) is 0 Å². The number of rotatable bonds is 3. The Kier molecular flexibility index (Phi) is 2.57. The van der Waals surface area contributed by atoms with Crippen molar-refractivity contribution in [3.05, 3.63) is 36.4 Å². The van der Waals surface area contributed by atoms with E-state index in [1.165, 1.54) is 0 Å². The van der Waals surface area contributed by atoms with E-state index in [1.807, 2.05) is 12.1 Å². The molecule has 17 heavy (non-hydrogen) atoms. The fourth-order valence-electron chi connectivity index (χ4n) is 1.95. The summed E-state index contributed by atoms with van der Waals surface area (Å²) in [5, 5.41) is 12.9. The number of oxazole rings is 1. The number of benzene rings is 1.